The van der Waals surface area contributed by atoms with Crippen molar-refractivity contribution in [3.05, 3.63) is 42.2 Å². The van der Waals surface area contributed by atoms with E-state index in [2.05, 4.69) is 10.4 Å². The molecule has 0 aliphatic rings. The Labute approximate surface area is 123 Å². The fourth-order valence-corrected chi connectivity index (χ4v) is 1.89. The van der Waals surface area contributed by atoms with Gasteiger partial charge in [0.15, 0.2) is 0 Å². The largest absolute Gasteiger partial charge is 0.492 e. The average Bonchev–Trinajstić information content (AvgIpc) is 2.90. The number of anilines is 1. The van der Waals surface area contributed by atoms with Crippen molar-refractivity contribution < 1.29 is 9.53 Å². The van der Waals surface area contributed by atoms with Crippen LogP contribution in [-0.2, 0) is 18.3 Å². The Balaban J connectivity index is 1.79. The molecule has 1 aromatic carbocycles. The zero-order valence-electron chi connectivity index (χ0n) is 12.1. The van der Waals surface area contributed by atoms with E-state index in [0.29, 0.717) is 26.0 Å². The molecule has 0 aliphatic heterocycles. The molecule has 0 bridgehead atoms. The predicted molar refractivity (Wildman–Crippen MR) is 81.2 cm³/mol. The third kappa shape index (κ3) is 4.92. The molecule has 0 saturated heterocycles. The number of ether oxygens (including phenoxy) is 1. The molecule has 1 amide bonds. The number of nitrogens with two attached hydrogens (primary N) is 1. The number of rotatable bonds is 7. The molecular formula is C15H20N4O2. The van der Waals surface area contributed by atoms with Crippen LogP contribution in [0.4, 0.5) is 5.69 Å². The summed E-state index contributed by atoms with van der Waals surface area (Å²) in [6, 6.07) is 7.25. The van der Waals surface area contributed by atoms with Gasteiger partial charge in [-0.15, -0.1) is 0 Å². The lowest BCUT2D eigenvalue weighted by molar-refractivity contribution is -0.116. The number of hydrogen-bond donors (Lipinski definition) is 2. The number of carbonyl (C=O) groups excluding carboxylic acids is 1. The highest BCUT2D eigenvalue weighted by atomic mass is 16.5. The third-order valence-electron chi connectivity index (χ3n) is 2.92. The van der Waals surface area contributed by atoms with E-state index < -0.39 is 0 Å². The summed E-state index contributed by atoms with van der Waals surface area (Å²) in [6.07, 6.45) is 4.79. The molecular weight excluding hydrogens is 268 g/mol. The second-order valence-corrected chi connectivity index (χ2v) is 4.73. The van der Waals surface area contributed by atoms with E-state index >= 15 is 0 Å². The van der Waals surface area contributed by atoms with Gasteiger partial charge in [0.2, 0.25) is 5.91 Å². The van der Waals surface area contributed by atoms with E-state index in [4.69, 9.17) is 10.5 Å². The zero-order valence-corrected chi connectivity index (χ0v) is 12.1. The number of amides is 1. The molecule has 1 heterocycles. The standard InChI is InChI=1S/C15H20N4O2/c1-19-11-12(10-17-19)2-7-15(20)18-13-3-5-14(6-4-13)21-9-8-16/h3-6,10-11H,2,7-9,16H2,1H3,(H,18,20). The Morgan fingerprint density at radius 3 is 2.76 bits per heavy atom. The molecule has 0 saturated carbocycles. The van der Waals surface area contributed by atoms with Gasteiger partial charge in [0, 0.05) is 31.9 Å². The third-order valence-corrected chi connectivity index (χ3v) is 2.92. The van der Waals surface area contributed by atoms with E-state index in [1.807, 2.05) is 37.5 Å². The maximum absolute atomic E-state index is 11.9. The van der Waals surface area contributed by atoms with E-state index in [9.17, 15) is 4.79 Å². The first-order valence-corrected chi connectivity index (χ1v) is 6.87. The van der Waals surface area contributed by atoms with Crippen LogP contribution >= 0.6 is 0 Å². The van der Waals surface area contributed by atoms with Gasteiger partial charge in [0.25, 0.3) is 0 Å². The number of aryl methyl sites for hydroxylation is 2. The molecule has 3 N–H and O–H groups in total. The minimum atomic E-state index is -0.0190. The number of nitrogens with one attached hydrogen (secondary N) is 1. The van der Waals surface area contributed by atoms with Crippen LogP contribution in [-0.4, -0.2) is 28.8 Å². The van der Waals surface area contributed by atoms with Crippen molar-refractivity contribution in [2.24, 2.45) is 12.8 Å². The number of nitrogens with zero attached hydrogens (tertiary/aromatic N) is 2. The summed E-state index contributed by atoms with van der Waals surface area (Å²) in [4.78, 5) is 11.9. The molecule has 2 aromatic rings. The summed E-state index contributed by atoms with van der Waals surface area (Å²) in [6.45, 7) is 0.962. The van der Waals surface area contributed by atoms with E-state index in [-0.39, 0.29) is 5.91 Å². The van der Waals surface area contributed by atoms with Gasteiger partial charge in [0.05, 0.1) is 6.20 Å². The van der Waals surface area contributed by atoms with Gasteiger partial charge < -0.3 is 15.8 Å². The van der Waals surface area contributed by atoms with E-state index in [0.717, 1.165) is 17.0 Å². The second kappa shape index (κ2) is 7.44. The summed E-state index contributed by atoms with van der Waals surface area (Å²) in [7, 11) is 1.86. The molecule has 21 heavy (non-hydrogen) atoms. The molecule has 0 aliphatic carbocycles. The quantitative estimate of drug-likeness (QED) is 0.805. The summed E-state index contributed by atoms with van der Waals surface area (Å²) < 4.78 is 7.11. The number of hydrogen-bond acceptors (Lipinski definition) is 4. The Hall–Kier alpha value is -2.34. The first-order chi connectivity index (χ1) is 10.2. The summed E-state index contributed by atoms with van der Waals surface area (Å²) in [5.74, 6) is 0.725. The number of benzene rings is 1. The first-order valence-electron chi connectivity index (χ1n) is 6.87. The topological polar surface area (TPSA) is 82.2 Å². The van der Waals surface area contributed by atoms with Crippen LogP contribution in [0.3, 0.4) is 0 Å². The lowest BCUT2D eigenvalue weighted by atomic mass is 10.2. The van der Waals surface area contributed by atoms with Crippen LogP contribution in [0, 0.1) is 0 Å². The highest BCUT2D eigenvalue weighted by Crippen LogP contribution is 2.16. The van der Waals surface area contributed by atoms with Gasteiger partial charge >= 0.3 is 0 Å². The molecule has 6 heteroatoms. The van der Waals surface area contributed by atoms with Crippen molar-refractivity contribution in [1.82, 2.24) is 9.78 Å². The fourth-order valence-electron chi connectivity index (χ4n) is 1.89. The molecule has 0 atom stereocenters. The molecule has 0 radical (unpaired) electrons. The van der Waals surface area contributed by atoms with Crippen molar-refractivity contribution in [2.45, 2.75) is 12.8 Å². The van der Waals surface area contributed by atoms with Crippen molar-refractivity contribution in [3.8, 4) is 5.75 Å². The Kier molecular flexibility index (Phi) is 5.34. The maximum atomic E-state index is 11.9. The van der Waals surface area contributed by atoms with Crippen LogP contribution < -0.4 is 15.8 Å². The van der Waals surface area contributed by atoms with Gasteiger partial charge in [-0.05, 0) is 36.2 Å². The minimum Gasteiger partial charge on any atom is -0.492 e. The predicted octanol–water partition coefficient (Wildman–Crippen LogP) is 1.33. The Morgan fingerprint density at radius 1 is 1.38 bits per heavy atom. The molecule has 1 aromatic heterocycles. The lowest BCUT2D eigenvalue weighted by Crippen LogP contribution is -2.12. The van der Waals surface area contributed by atoms with E-state index in [1.165, 1.54) is 0 Å². The Morgan fingerprint density at radius 2 is 2.14 bits per heavy atom. The van der Waals surface area contributed by atoms with Crippen LogP contribution in [0.15, 0.2) is 36.7 Å². The minimum absolute atomic E-state index is 0.0190. The first kappa shape index (κ1) is 15.1. The van der Waals surface area contributed by atoms with Crippen molar-refractivity contribution in [1.29, 1.82) is 0 Å². The number of carbonyl (C=O) groups is 1. The highest BCUT2D eigenvalue weighted by molar-refractivity contribution is 5.90. The average molecular weight is 288 g/mol. The zero-order chi connectivity index (χ0) is 15.1. The van der Waals surface area contributed by atoms with Crippen molar-refractivity contribution >= 4 is 11.6 Å². The second-order valence-electron chi connectivity index (χ2n) is 4.73. The number of aromatic nitrogens is 2. The van der Waals surface area contributed by atoms with Gasteiger partial charge in [-0.3, -0.25) is 9.48 Å². The SMILES string of the molecule is Cn1cc(CCC(=O)Nc2ccc(OCCN)cc2)cn1. The van der Waals surface area contributed by atoms with Crippen LogP contribution in [0.1, 0.15) is 12.0 Å². The molecule has 112 valence electrons. The monoisotopic (exact) mass is 288 g/mol. The Bertz CT molecular complexity index is 578. The van der Waals surface area contributed by atoms with Crippen LogP contribution in [0.2, 0.25) is 0 Å². The van der Waals surface area contributed by atoms with Gasteiger partial charge in [-0.25, -0.2) is 0 Å². The molecule has 6 nitrogen and oxygen atoms in total. The van der Waals surface area contributed by atoms with Gasteiger partial charge in [-0.1, -0.05) is 0 Å². The van der Waals surface area contributed by atoms with Gasteiger partial charge in [-0.2, -0.15) is 5.10 Å². The molecule has 0 fully saturated rings. The van der Waals surface area contributed by atoms with Crippen molar-refractivity contribution in [3.63, 3.8) is 0 Å². The van der Waals surface area contributed by atoms with Gasteiger partial charge in [0.1, 0.15) is 12.4 Å². The lowest BCUT2D eigenvalue weighted by Gasteiger charge is -2.07. The van der Waals surface area contributed by atoms with Crippen molar-refractivity contribution in [2.75, 3.05) is 18.5 Å². The molecule has 2 rings (SSSR count). The fraction of sp³-hybridized carbons (Fsp3) is 0.333. The summed E-state index contributed by atoms with van der Waals surface area (Å²) in [5.41, 5.74) is 7.18. The normalized spacial score (nSPS) is 10.4. The molecule has 0 spiro atoms. The van der Waals surface area contributed by atoms with Crippen LogP contribution in [0.5, 0.6) is 5.75 Å². The molecule has 0 unspecified atom stereocenters. The summed E-state index contributed by atoms with van der Waals surface area (Å²) in [5, 5.41) is 6.93. The highest BCUT2D eigenvalue weighted by Gasteiger charge is 2.04. The van der Waals surface area contributed by atoms with E-state index in [1.54, 1.807) is 10.9 Å². The van der Waals surface area contributed by atoms with Crippen LogP contribution in [0.25, 0.3) is 0 Å². The maximum Gasteiger partial charge on any atom is 0.224 e. The smallest absolute Gasteiger partial charge is 0.224 e. The summed E-state index contributed by atoms with van der Waals surface area (Å²) >= 11 is 0.